The highest BCUT2D eigenvalue weighted by Crippen LogP contribution is 2.11. The fourth-order valence-corrected chi connectivity index (χ4v) is 2.62. The summed E-state index contributed by atoms with van der Waals surface area (Å²) >= 11 is 0. The van der Waals surface area contributed by atoms with Crippen molar-refractivity contribution >= 4 is 23.7 Å². The Morgan fingerprint density at radius 2 is 1.20 bits per heavy atom. The first-order valence-corrected chi connectivity index (χ1v) is 10.1. The van der Waals surface area contributed by atoms with Crippen molar-refractivity contribution in [2.24, 2.45) is 17.6 Å². The summed E-state index contributed by atoms with van der Waals surface area (Å²) in [5, 5.41) is 35.5. The molecule has 3 amide bonds. The van der Waals surface area contributed by atoms with E-state index in [-0.39, 0.29) is 11.8 Å². The number of carboxylic acids is 1. The third kappa shape index (κ3) is 8.25. The van der Waals surface area contributed by atoms with E-state index in [0.29, 0.717) is 12.8 Å². The van der Waals surface area contributed by atoms with Gasteiger partial charge in [0.05, 0.1) is 12.7 Å². The van der Waals surface area contributed by atoms with Crippen molar-refractivity contribution in [1.29, 1.82) is 0 Å². The van der Waals surface area contributed by atoms with Gasteiger partial charge in [-0.25, -0.2) is 4.79 Å². The van der Waals surface area contributed by atoms with Gasteiger partial charge in [-0.15, -0.1) is 0 Å². The number of aliphatic hydroxyl groups is 2. The fraction of sp³-hybridized carbons (Fsp3) is 0.789. The van der Waals surface area contributed by atoms with E-state index in [2.05, 4.69) is 16.0 Å². The van der Waals surface area contributed by atoms with Crippen molar-refractivity contribution in [3.63, 3.8) is 0 Å². The molecule has 0 aliphatic carbocycles. The van der Waals surface area contributed by atoms with Gasteiger partial charge in [0.2, 0.25) is 17.7 Å². The molecule has 0 spiro atoms. The summed E-state index contributed by atoms with van der Waals surface area (Å²) in [7, 11) is 0. The first kappa shape index (κ1) is 27.8. The monoisotopic (exact) mass is 432 g/mol. The number of aliphatic carboxylic acids is 1. The van der Waals surface area contributed by atoms with E-state index in [0.717, 1.165) is 0 Å². The molecule has 0 aromatic carbocycles. The van der Waals surface area contributed by atoms with Crippen molar-refractivity contribution in [3.05, 3.63) is 0 Å². The molecule has 0 radical (unpaired) electrons. The molecule has 30 heavy (non-hydrogen) atoms. The lowest BCUT2D eigenvalue weighted by molar-refractivity contribution is -0.144. The van der Waals surface area contributed by atoms with E-state index >= 15 is 0 Å². The number of carbonyl (C=O) groups is 4. The summed E-state index contributed by atoms with van der Waals surface area (Å²) in [6.07, 6.45) is -0.322. The van der Waals surface area contributed by atoms with E-state index in [1.54, 1.807) is 27.7 Å². The Kier molecular flexibility index (Phi) is 12.2. The molecule has 0 aliphatic rings. The number of hydrogen-bond acceptors (Lipinski definition) is 7. The summed E-state index contributed by atoms with van der Waals surface area (Å²) in [6.45, 7) is 7.61. The molecule has 0 saturated carbocycles. The van der Waals surface area contributed by atoms with E-state index in [9.17, 15) is 29.4 Å². The number of hydrogen-bond donors (Lipinski definition) is 7. The fourth-order valence-electron chi connectivity index (χ4n) is 2.62. The van der Waals surface area contributed by atoms with Crippen LogP contribution in [0, 0.1) is 11.8 Å². The predicted octanol–water partition coefficient (Wildman–Crippen LogP) is -1.68. The standard InChI is InChI=1S/C19H36N4O7/c1-6-9(3)13(21-16(26)12(20)8-24)17(27)23-15(11(5)25)18(28)22-14(19(29)30)10(4)7-2/h9-15,24-25H,6-8,20H2,1-5H3,(H,21,26)(H,22,28)(H,23,27)(H,29,30). The lowest BCUT2D eigenvalue weighted by Gasteiger charge is -2.29. The molecule has 0 heterocycles. The van der Waals surface area contributed by atoms with Gasteiger partial charge in [-0.3, -0.25) is 14.4 Å². The molecular formula is C19H36N4O7. The molecule has 8 N–H and O–H groups in total. The van der Waals surface area contributed by atoms with Gasteiger partial charge in [0.25, 0.3) is 0 Å². The topological polar surface area (TPSA) is 191 Å². The van der Waals surface area contributed by atoms with Gasteiger partial charge in [0.1, 0.15) is 24.2 Å². The summed E-state index contributed by atoms with van der Waals surface area (Å²) in [5.74, 6) is -4.27. The molecule has 0 saturated heterocycles. The van der Waals surface area contributed by atoms with Crippen LogP contribution in [0.4, 0.5) is 0 Å². The molecule has 174 valence electrons. The maximum atomic E-state index is 12.8. The van der Waals surface area contributed by atoms with Crippen molar-refractivity contribution < 1.29 is 34.5 Å². The zero-order valence-corrected chi connectivity index (χ0v) is 18.2. The molecule has 0 aromatic rings. The second-order valence-electron chi connectivity index (χ2n) is 7.60. The number of rotatable bonds is 13. The van der Waals surface area contributed by atoms with Crippen LogP contribution in [0.3, 0.4) is 0 Å². The average Bonchev–Trinajstić information content (AvgIpc) is 2.70. The molecule has 11 heteroatoms. The Morgan fingerprint density at radius 3 is 1.60 bits per heavy atom. The Labute approximate surface area is 176 Å². The minimum Gasteiger partial charge on any atom is -0.480 e. The Hall–Kier alpha value is -2.24. The molecule has 11 nitrogen and oxygen atoms in total. The van der Waals surface area contributed by atoms with Gasteiger partial charge >= 0.3 is 5.97 Å². The minimum atomic E-state index is -1.43. The molecule has 0 bridgehead atoms. The van der Waals surface area contributed by atoms with Crippen LogP contribution in [-0.2, 0) is 19.2 Å². The van der Waals surface area contributed by atoms with E-state index in [1.165, 1.54) is 6.92 Å². The SMILES string of the molecule is CCC(C)C(NC(=O)C(NC(=O)C(NC(=O)C(N)CO)C(C)CC)C(C)O)C(=O)O. The molecule has 7 unspecified atom stereocenters. The second-order valence-corrected chi connectivity index (χ2v) is 7.60. The van der Waals surface area contributed by atoms with Crippen LogP contribution >= 0.6 is 0 Å². The van der Waals surface area contributed by atoms with Crippen molar-refractivity contribution in [1.82, 2.24) is 16.0 Å². The van der Waals surface area contributed by atoms with Crippen LogP contribution in [0.25, 0.3) is 0 Å². The Bertz CT molecular complexity index is 599. The smallest absolute Gasteiger partial charge is 0.326 e. The zero-order chi connectivity index (χ0) is 23.6. The number of aliphatic hydroxyl groups excluding tert-OH is 2. The van der Waals surface area contributed by atoms with Crippen molar-refractivity contribution in [2.45, 2.75) is 77.7 Å². The summed E-state index contributed by atoms with van der Waals surface area (Å²) in [5.41, 5.74) is 5.48. The van der Waals surface area contributed by atoms with Crippen LogP contribution in [0.15, 0.2) is 0 Å². The summed E-state index contributed by atoms with van der Waals surface area (Å²) in [6, 6.07) is -4.90. The lowest BCUT2D eigenvalue weighted by Crippen LogP contribution is -2.61. The third-order valence-corrected chi connectivity index (χ3v) is 5.17. The highest BCUT2D eigenvalue weighted by molar-refractivity contribution is 5.94. The van der Waals surface area contributed by atoms with Gasteiger partial charge < -0.3 is 37.0 Å². The first-order chi connectivity index (χ1) is 13.9. The largest absolute Gasteiger partial charge is 0.480 e. The van der Waals surface area contributed by atoms with Gasteiger partial charge in [-0.2, -0.15) is 0 Å². The van der Waals surface area contributed by atoms with Crippen LogP contribution in [-0.4, -0.2) is 75.9 Å². The minimum absolute atomic E-state index is 0.343. The molecule has 0 aromatic heterocycles. The second kappa shape index (κ2) is 13.1. The quantitative estimate of drug-likeness (QED) is 0.179. The average molecular weight is 433 g/mol. The molecule has 7 atom stereocenters. The van der Waals surface area contributed by atoms with Crippen LogP contribution in [0.5, 0.6) is 0 Å². The maximum absolute atomic E-state index is 12.8. The van der Waals surface area contributed by atoms with Gasteiger partial charge in [-0.05, 0) is 18.8 Å². The van der Waals surface area contributed by atoms with Gasteiger partial charge in [0.15, 0.2) is 0 Å². The molecular weight excluding hydrogens is 396 g/mol. The van der Waals surface area contributed by atoms with Crippen molar-refractivity contribution in [3.8, 4) is 0 Å². The van der Waals surface area contributed by atoms with Crippen LogP contribution in [0.2, 0.25) is 0 Å². The number of carboxylic acid groups (broad SMARTS) is 1. The summed E-state index contributed by atoms with van der Waals surface area (Å²) < 4.78 is 0. The molecule has 0 aliphatic heterocycles. The Morgan fingerprint density at radius 1 is 0.800 bits per heavy atom. The number of carbonyl (C=O) groups excluding carboxylic acids is 3. The lowest BCUT2D eigenvalue weighted by atomic mass is 9.96. The Balaban J connectivity index is 5.49. The zero-order valence-electron chi connectivity index (χ0n) is 18.2. The van der Waals surface area contributed by atoms with Crippen molar-refractivity contribution in [2.75, 3.05) is 6.61 Å². The highest BCUT2D eigenvalue weighted by Gasteiger charge is 2.35. The normalized spacial score (nSPS) is 18.1. The highest BCUT2D eigenvalue weighted by atomic mass is 16.4. The number of nitrogens with one attached hydrogen (secondary N) is 3. The number of amides is 3. The number of nitrogens with two attached hydrogens (primary N) is 1. The van der Waals surface area contributed by atoms with E-state index < -0.39 is 60.6 Å². The molecule has 0 fully saturated rings. The van der Waals surface area contributed by atoms with Gasteiger partial charge in [-0.1, -0.05) is 40.5 Å². The predicted molar refractivity (Wildman–Crippen MR) is 109 cm³/mol. The van der Waals surface area contributed by atoms with E-state index in [4.69, 9.17) is 10.8 Å². The molecule has 0 rings (SSSR count). The maximum Gasteiger partial charge on any atom is 0.326 e. The van der Waals surface area contributed by atoms with E-state index in [1.807, 2.05) is 0 Å². The van der Waals surface area contributed by atoms with Crippen LogP contribution < -0.4 is 21.7 Å². The first-order valence-electron chi connectivity index (χ1n) is 10.1. The third-order valence-electron chi connectivity index (χ3n) is 5.17. The van der Waals surface area contributed by atoms with Gasteiger partial charge in [0, 0.05) is 0 Å². The van der Waals surface area contributed by atoms with Crippen LogP contribution in [0.1, 0.15) is 47.5 Å². The summed E-state index contributed by atoms with van der Waals surface area (Å²) in [4.78, 5) is 48.9.